The zero-order valence-electron chi connectivity index (χ0n) is 17.6. The third kappa shape index (κ3) is 6.39. The molecule has 0 radical (unpaired) electrons. The summed E-state index contributed by atoms with van der Waals surface area (Å²) in [5.74, 6) is 0.718. The average Bonchev–Trinajstić information content (AvgIpc) is 2.64. The van der Waals surface area contributed by atoms with Gasteiger partial charge < -0.3 is 29.7 Å². The van der Waals surface area contributed by atoms with E-state index >= 15 is 0 Å². The number of carbonyl (C=O) groups is 1. The Morgan fingerprint density at radius 1 is 1.25 bits per heavy atom. The number of hydrogen-bond donors (Lipinski definition) is 3. The summed E-state index contributed by atoms with van der Waals surface area (Å²) in [6.07, 6.45) is 3.48. The molecular formula is C20H33BN2O5. The molecule has 0 bridgehead atoms. The topological polar surface area (TPSA) is 91.3 Å². The molecule has 8 heteroatoms. The van der Waals surface area contributed by atoms with Gasteiger partial charge in [0.2, 0.25) is 0 Å². The minimum absolute atomic E-state index is 0.190. The molecule has 0 saturated heterocycles. The highest BCUT2D eigenvalue weighted by Gasteiger charge is 2.29. The fraction of sp³-hybridized carbons (Fsp3) is 0.650. The van der Waals surface area contributed by atoms with E-state index in [1.807, 2.05) is 27.8 Å². The zero-order valence-corrected chi connectivity index (χ0v) is 17.6. The van der Waals surface area contributed by atoms with Crippen molar-refractivity contribution in [2.75, 3.05) is 14.2 Å². The molecule has 1 aromatic carbocycles. The van der Waals surface area contributed by atoms with Crippen LogP contribution in [0.3, 0.4) is 0 Å². The summed E-state index contributed by atoms with van der Waals surface area (Å²) in [5.41, 5.74) is 0.848. The number of nitrogens with zero attached hydrogens (tertiary/aromatic N) is 1. The van der Waals surface area contributed by atoms with Crippen LogP contribution in [0.1, 0.15) is 52.0 Å². The van der Waals surface area contributed by atoms with Crippen molar-refractivity contribution in [3.05, 3.63) is 23.8 Å². The molecule has 1 saturated carbocycles. The summed E-state index contributed by atoms with van der Waals surface area (Å²) in [7, 11) is 1.91. The van der Waals surface area contributed by atoms with E-state index in [1.54, 1.807) is 30.2 Å². The van der Waals surface area contributed by atoms with Crippen LogP contribution in [-0.4, -0.2) is 60.0 Å². The fourth-order valence-electron chi connectivity index (χ4n) is 3.50. The van der Waals surface area contributed by atoms with Crippen LogP contribution in [0.25, 0.3) is 0 Å². The molecule has 0 heterocycles. The third-order valence-corrected chi connectivity index (χ3v) is 5.11. The highest BCUT2D eigenvalue weighted by molar-refractivity contribution is 6.58. The van der Waals surface area contributed by atoms with E-state index in [-0.39, 0.29) is 12.1 Å². The van der Waals surface area contributed by atoms with Gasteiger partial charge in [-0.15, -0.1) is 0 Å². The predicted molar refractivity (Wildman–Crippen MR) is 110 cm³/mol. The lowest BCUT2D eigenvalue weighted by atomic mass is 9.79. The lowest BCUT2D eigenvalue weighted by Crippen LogP contribution is -2.45. The molecular weight excluding hydrogens is 359 g/mol. The first-order valence-corrected chi connectivity index (χ1v) is 9.83. The van der Waals surface area contributed by atoms with Gasteiger partial charge in [0, 0.05) is 31.2 Å². The van der Waals surface area contributed by atoms with Gasteiger partial charge in [0.1, 0.15) is 11.4 Å². The summed E-state index contributed by atoms with van der Waals surface area (Å²) in [5, 5.41) is 22.3. The number of rotatable bonds is 6. The van der Waals surface area contributed by atoms with E-state index in [0.717, 1.165) is 37.0 Å². The van der Waals surface area contributed by atoms with E-state index in [2.05, 4.69) is 5.32 Å². The van der Waals surface area contributed by atoms with Crippen molar-refractivity contribution in [1.82, 2.24) is 10.2 Å². The van der Waals surface area contributed by atoms with Crippen LogP contribution in [0, 0.1) is 0 Å². The monoisotopic (exact) mass is 392 g/mol. The first-order valence-electron chi connectivity index (χ1n) is 9.83. The minimum atomic E-state index is -1.50. The SMILES string of the molecule is COc1ccc(B(O)O)cc1CN[C@H]1CC[C@H](N(C)C(=O)OC(C)(C)C)CC1. The summed E-state index contributed by atoms with van der Waals surface area (Å²) < 4.78 is 10.8. The molecule has 28 heavy (non-hydrogen) atoms. The van der Waals surface area contributed by atoms with E-state index in [9.17, 15) is 14.8 Å². The second kappa shape index (κ2) is 9.63. The van der Waals surface area contributed by atoms with Gasteiger partial charge in [0.15, 0.2) is 0 Å². The maximum atomic E-state index is 12.2. The molecule has 0 unspecified atom stereocenters. The van der Waals surface area contributed by atoms with Crippen LogP contribution in [0.2, 0.25) is 0 Å². The van der Waals surface area contributed by atoms with Gasteiger partial charge >= 0.3 is 13.2 Å². The molecule has 1 aromatic rings. The van der Waals surface area contributed by atoms with Gasteiger partial charge in [-0.25, -0.2) is 4.79 Å². The molecule has 1 fully saturated rings. The van der Waals surface area contributed by atoms with Crippen molar-refractivity contribution in [3.63, 3.8) is 0 Å². The van der Waals surface area contributed by atoms with Crippen LogP contribution in [0.4, 0.5) is 4.79 Å². The third-order valence-electron chi connectivity index (χ3n) is 5.11. The van der Waals surface area contributed by atoms with Gasteiger partial charge in [-0.1, -0.05) is 12.1 Å². The standard InChI is InChI=1S/C20H33BN2O5/c1-20(2,3)28-19(24)23(4)17-9-7-16(8-10-17)22-13-14-12-15(21(25)26)6-11-18(14)27-5/h6,11-12,16-17,22,25-26H,7-10,13H2,1-5H3/t16-,17-. The van der Waals surface area contributed by atoms with E-state index < -0.39 is 12.7 Å². The molecule has 1 aliphatic carbocycles. The van der Waals surface area contributed by atoms with Crippen LogP contribution in [0.5, 0.6) is 5.75 Å². The molecule has 0 aromatic heterocycles. The summed E-state index contributed by atoms with van der Waals surface area (Å²) in [6.45, 7) is 6.21. The second-order valence-electron chi connectivity index (χ2n) is 8.42. The van der Waals surface area contributed by atoms with Crippen molar-refractivity contribution in [1.29, 1.82) is 0 Å². The number of benzene rings is 1. The smallest absolute Gasteiger partial charge is 0.488 e. The quantitative estimate of drug-likeness (QED) is 0.638. The Kier molecular flexibility index (Phi) is 7.74. The Labute approximate surface area is 168 Å². The van der Waals surface area contributed by atoms with Crippen molar-refractivity contribution >= 4 is 18.7 Å². The molecule has 1 amide bonds. The van der Waals surface area contributed by atoms with Crippen molar-refractivity contribution < 1.29 is 24.3 Å². The number of carbonyl (C=O) groups excluding carboxylic acids is 1. The van der Waals surface area contributed by atoms with Crippen LogP contribution >= 0.6 is 0 Å². The molecule has 0 aliphatic heterocycles. The maximum Gasteiger partial charge on any atom is 0.488 e. The largest absolute Gasteiger partial charge is 0.496 e. The average molecular weight is 392 g/mol. The molecule has 3 N–H and O–H groups in total. The maximum absolute atomic E-state index is 12.2. The van der Waals surface area contributed by atoms with E-state index in [0.29, 0.717) is 18.0 Å². The minimum Gasteiger partial charge on any atom is -0.496 e. The molecule has 7 nitrogen and oxygen atoms in total. The van der Waals surface area contributed by atoms with Crippen LogP contribution < -0.4 is 15.5 Å². The Balaban J connectivity index is 1.86. The highest BCUT2D eigenvalue weighted by atomic mass is 16.6. The van der Waals surface area contributed by atoms with Crippen LogP contribution in [0.15, 0.2) is 18.2 Å². The van der Waals surface area contributed by atoms with Gasteiger partial charge in [-0.3, -0.25) is 0 Å². The first-order chi connectivity index (χ1) is 13.1. The Hall–Kier alpha value is -1.77. The molecule has 2 rings (SSSR count). The normalized spacial score (nSPS) is 19.8. The second-order valence-corrected chi connectivity index (χ2v) is 8.42. The molecule has 156 valence electrons. The summed E-state index contributed by atoms with van der Waals surface area (Å²) in [4.78, 5) is 14.0. The highest BCUT2D eigenvalue weighted by Crippen LogP contribution is 2.25. The molecule has 0 atom stereocenters. The lowest BCUT2D eigenvalue weighted by Gasteiger charge is -2.35. The van der Waals surface area contributed by atoms with Gasteiger partial charge in [0.05, 0.1) is 7.11 Å². The first kappa shape index (κ1) is 22.5. The number of methoxy groups -OCH3 is 1. The van der Waals surface area contributed by atoms with Crippen molar-refractivity contribution in [2.45, 2.75) is 70.7 Å². The lowest BCUT2D eigenvalue weighted by molar-refractivity contribution is 0.0179. The molecule has 0 spiro atoms. The Bertz CT molecular complexity index is 654. The molecule has 1 aliphatic rings. The number of hydrogen-bond acceptors (Lipinski definition) is 6. The number of amides is 1. The van der Waals surface area contributed by atoms with E-state index in [4.69, 9.17) is 9.47 Å². The summed E-state index contributed by atoms with van der Waals surface area (Å²) >= 11 is 0. The van der Waals surface area contributed by atoms with Crippen molar-refractivity contribution in [3.8, 4) is 5.75 Å². The summed E-state index contributed by atoms with van der Waals surface area (Å²) in [6, 6.07) is 5.67. The Morgan fingerprint density at radius 3 is 2.43 bits per heavy atom. The van der Waals surface area contributed by atoms with Gasteiger partial charge in [0.25, 0.3) is 0 Å². The van der Waals surface area contributed by atoms with Crippen LogP contribution in [-0.2, 0) is 11.3 Å². The fourth-order valence-corrected chi connectivity index (χ4v) is 3.50. The van der Waals surface area contributed by atoms with E-state index in [1.165, 1.54) is 0 Å². The zero-order chi connectivity index (χ0) is 20.9. The van der Waals surface area contributed by atoms with Gasteiger partial charge in [-0.05, 0) is 58.0 Å². The Morgan fingerprint density at radius 2 is 1.89 bits per heavy atom. The number of nitrogens with one attached hydrogen (secondary N) is 1. The predicted octanol–water partition coefficient (Wildman–Crippen LogP) is 1.64. The number of ether oxygens (including phenoxy) is 2. The van der Waals surface area contributed by atoms with Gasteiger partial charge in [-0.2, -0.15) is 0 Å². The van der Waals surface area contributed by atoms with Crippen molar-refractivity contribution in [2.24, 2.45) is 0 Å².